The minimum absolute atomic E-state index is 0.0444. The second-order valence-corrected chi connectivity index (χ2v) is 7.12. The third-order valence-corrected chi connectivity index (χ3v) is 4.70. The Balaban J connectivity index is 1.94. The first-order chi connectivity index (χ1) is 10.0. The maximum atomic E-state index is 12.3. The lowest BCUT2D eigenvalue weighted by molar-refractivity contribution is 0.598. The van der Waals surface area contributed by atoms with E-state index in [1.54, 1.807) is 18.2 Å². The molecule has 0 unspecified atom stereocenters. The quantitative estimate of drug-likeness (QED) is 0.771. The van der Waals surface area contributed by atoms with Gasteiger partial charge in [-0.1, -0.05) is 40.2 Å². The van der Waals surface area contributed by atoms with Crippen LogP contribution in [-0.2, 0) is 9.84 Å². The van der Waals surface area contributed by atoms with Gasteiger partial charge < -0.3 is 4.98 Å². The Bertz CT molecular complexity index is 879. The molecule has 21 heavy (non-hydrogen) atoms. The average Bonchev–Trinajstić information content (AvgIpc) is 2.91. The van der Waals surface area contributed by atoms with Crippen LogP contribution in [0.4, 0.5) is 0 Å². The molecule has 0 saturated carbocycles. The molecule has 0 bridgehead atoms. The topological polar surface area (TPSA) is 62.8 Å². The first kappa shape index (κ1) is 14.0. The van der Waals surface area contributed by atoms with Crippen LogP contribution >= 0.6 is 15.9 Å². The predicted octanol–water partition coefficient (Wildman–Crippen LogP) is 3.77. The third-order valence-electron chi connectivity index (χ3n) is 2.95. The molecule has 1 aromatic heterocycles. The molecule has 0 atom stereocenters. The number of benzene rings is 2. The van der Waals surface area contributed by atoms with E-state index in [0.29, 0.717) is 11.0 Å². The number of para-hydroxylation sites is 2. The highest BCUT2D eigenvalue weighted by molar-refractivity contribution is 9.10. The summed E-state index contributed by atoms with van der Waals surface area (Å²) in [4.78, 5) is 6.93. The molecule has 0 spiro atoms. The number of aromatic amines is 1. The van der Waals surface area contributed by atoms with Crippen molar-refractivity contribution in [3.63, 3.8) is 0 Å². The summed E-state index contributed by atoms with van der Waals surface area (Å²) in [6.07, 6.45) is 1.55. The molecule has 0 aliphatic rings. The Morgan fingerprint density at radius 1 is 1.05 bits per heavy atom. The van der Waals surface area contributed by atoms with Crippen LogP contribution in [0.1, 0.15) is 5.56 Å². The van der Waals surface area contributed by atoms with Crippen LogP contribution in [0.3, 0.4) is 0 Å². The smallest absolute Gasteiger partial charge is 0.233 e. The summed E-state index contributed by atoms with van der Waals surface area (Å²) in [5.74, 6) is 0. The maximum absolute atomic E-state index is 12.3. The monoisotopic (exact) mass is 362 g/mol. The van der Waals surface area contributed by atoms with Crippen molar-refractivity contribution in [2.24, 2.45) is 0 Å². The number of H-pyrrole nitrogens is 1. The van der Waals surface area contributed by atoms with Gasteiger partial charge >= 0.3 is 0 Å². The summed E-state index contributed by atoms with van der Waals surface area (Å²) in [7, 11) is -3.59. The van der Waals surface area contributed by atoms with E-state index in [9.17, 15) is 8.42 Å². The van der Waals surface area contributed by atoms with Crippen molar-refractivity contribution in [2.45, 2.75) is 5.16 Å². The van der Waals surface area contributed by atoms with Gasteiger partial charge in [-0.25, -0.2) is 13.4 Å². The first-order valence-electron chi connectivity index (χ1n) is 6.18. The number of imidazole rings is 1. The third kappa shape index (κ3) is 3.06. The standard InChI is InChI=1S/C15H11BrN2O2S/c16-12-7-5-11(6-8-12)9-10-21(19,20)15-17-13-3-1-2-4-14(13)18-15/h1-10H,(H,17,18)/b10-9+. The number of hydrogen-bond donors (Lipinski definition) is 1. The maximum Gasteiger partial charge on any atom is 0.233 e. The number of nitrogens with zero attached hydrogens (tertiary/aromatic N) is 1. The van der Waals surface area contributed by atoms with Crippen molar-refractivity contribution in [3.05, 3.63) is 64.0 Å². The Hall–Kier alpha value is -1.92. The zero-order valence-electron chi connectivity index (χ0n) is 10.8. The fourth-order valence-corrected chi connectivity index (χ4v) is 3.08. The second-order valence-electron chi connectivity index (χ2n) is 4.46. The van der Waals surface area contributed by atoms with E-state index in [-0.39, 0.29) is 5.16 Å². The zero-order chi connectivity index (χ0) is 14.9. The van der Waals surface area contributed by atoms with Crippen molar-refractivity contribution in [2.75, 3.05) is 0 Å². The number of sulfone groups is 1. The van der Waals surface area contributed by atoms with Crippen LogP contribution in [-0.4, -0.2) is 18.4 Å². The molecule has 1 N–H and O–H groups in total. The van der Waals surface area contributed by atoms with Gasteiger partial charge in [0.2, 0.25) is 15.0 Å². The van der Waals surface area contributed by atoms with Gasteiger partial charge in [-0.3, -0.25) is 0 Å². The summed E-state index contributed by atoms with van der Waals surface area (Å²) in [6, 6.07) is 14.6. The van der Waals surface area contributed by atoms with Crippen molar-refractivity contribution in [1.29, 1.82) is 0 Å². The van der Waals surface area contributed by atoms with E-state index in [2.05, 4.69) is 25.9 Å². The van der Waals surface area contributed by atoms with Crippen molar-refractivity contribution < 1.29 is 8.42 Å². The fourth-order valence-electron chi connectivity index (χ4n) is 1.87. The number of halogens is 1. The van der Waals surface area contributed by atoms with Crippen molar-refractivity contribution >= 4 is 42.9 Å². The van der Waals surface area contributed by atoms with Gasteiger partial charge in [-0.2, -0.15) is 0 Å². The molecule has 0 aliphatic carbocycles. The summed E-state index contributed by atoms with van der Waals surface area (Å²) >= 11 is 3.34. The predicted molar refractivity (Wildman–Crippen MR) is 86.5 cm³/mol. The van der Waals surface area contributed by atoms with E-state index in [1.165, 1.54) is 0 Å². The van der Waals surface area contributed by atoms with Crippen LogP contribution < -0.4 is 0 Å². The van der Waals surface area contributed by atoms with Crippen molar-refractivity contribution in [1.82, 2.24) is 9.97 Å². The van der Waals surface area contributed by atoms with Gasteiger partial charge in [0.25, 0.3) is 0 Å². The van der Waals surface area contributed by atoms with Crippen LogP contribution in [0, 0.1) is 0 Å². The molecule has 6 heteroatoms. The van der Waals surface area contributed by atoms with Crippen LogP contribution in [0.2, 0.25) is 0 Å². The van der Waals surface area contributed by atoms with Crippen LogP contribution in [0.5, 0.6) is 0 Å². The van der Waals surface area contributed by atoms with Gasteiger partial charge in [0, 0.05) is 9.88 Å². The highest BCUT2D eigenvalue weighted by atomic mass is 79.9. The molecule has 3 aromatic rings. The Morgan fingerprint density at radius 2 is 1.76 bits per heavy atom. The molecular weight excluding hydrogens is 352 g/mol. The van der Waals surface area contributed by atoms with Gasteiger partial charge in [0.05, 0.1) is 11.0 Å². The van der Waals surface area contributed by atoms with E-state index < -0.39 is 9.84 Å². The minimum Gasteiger partial charge on any atom is -0.328 e. The zero-order valence-corrected chi connectivity index (χ0v) is 13.2. The van der Waals surface area contributed by atoms with Gasteiger partial charge in [-0.05, 0) is 35.9 Å². The number of fused-ring (bicyclic) bond motifs is 1. The molecule has 0 fully saturated rings. The lowest BCUT2D eigenvalue weighted by Crippen LogP contribution is -1.98. The molecule has 0 saturated heterocycles. The van der Waals surface area contributed by atoms with Crippen LogP contribution in [0.25, 0.3) is 17.1 Å². The highest BCUT2D eigenvalue weighted by Crippen LogP contribution is 2.17. The Labute approximate surface area is 130 Å². The highest BCUT2D eigenvalue weighted by Gasteiger charge is 2.15. The van der Waals surface area contributed by atoms with Crippen molar-refractivity contribution in [3.8, 4) is 0 Å². The molecule has 0 amide bonds. The molecular formula is C15H11BrN2O2S. The van der Waals surface area contributed by atoms with Gasteiger partial charge in [0.15, 0.2) is 0 Å². The van der Waals surface area contributed by atoms with E-state index >= 15 is 0 Å². The SMILES string of the molecule is O=S(=O)(/C=C/c1ccc(Br)cc1)c1nc2ccccc2[nH]1. The van der Waals surface area contributed by atoms with E-state index in [0.717, 1.165) is 15.4 Å². The molecule has 3 rings (SSSR count). The minimum atomic E-state index is -3.59. The molecule has 0 aliphatic heterocycles. The number of aromatic nitrogens is 2. The number of nitrogens with one attached hydrogen (secondary N) is 1. The molecule has 2 aromatic carbocycles. The average molecular weight is 363 g/mol. The Kier molecular flexibility index (Phi) is 3.65. The molecule has 0 radical (unpaired) electrons. The summed E-state index contributed by atoms with van der Waals surface area (Å²) in [5, 5.41) is 1.12. The van der Waals surface area contributed by atoms with E-state index in [4.69, 9.17) is 0 Å². The summed E-state index contributed by atoms with van der Waals surface area (Å²) < 4.78 is 25.4. The largest absolute Gasteiger partial charge is 0.328 e. The summed E-state index contributed by atoms with van der Waals surface area (Å²) in [6.45, 7) is 0. The number of hydrogen-bond acceptors (Lipinski definition) is 3. The normalized spacial score (nSPS) is 12.2. The molecule has 4 nitrogen and oxygen atoms in total. The van der Waals surface area contributed by atoms with Gasteiger partial charge in [-0.15, -0.1) is 0 Å². The first-order valence-corrected chi connectivity index (χ1v) is 8.52. The lowest BCUT2D eigenvalue weighted by Gasteiger charge is -1.95. The van der Waals surface area contributed by atoms with Crippen LogP contribution in [0.15, 0.2) is 63.6 Å². The summed E-state index contributed by atoms with van der Waals surface area (Å²) in [5.41, 5.74) is 2.14. The molecule has 1 heterocycles. The lowest BCUT2D eigenvalue weighted by atomic mass is 10.2. The number of rotatable bonds is 3. The molecule has 106 valence electrons. The van der Waals surface area contributed by atoms with E-state index in [1.807, 2.05) is 36.4 Å². The van der Waals surface area contributed by atoms with Gasteiger partial charge in [0.1, 0.15) is 0 Å². The Morgan fingerprint density at radius 3 is 2.48 bits per heavy atom. The fraction of sp³-hybridized carbons (Fsp3) is 0. The second kappa shape index (κ2) is 5.46.